The summed E-state index contributed by atoms with van der Waals surface area (Å²) in [6, 6.07) is 10.7. The van der Waals surface area contributed by atoms with Gasteiger partial charge in [-0.15, -0.1) is 0 Å². The average molecular weight is 402 g/mol. The van der Waals surface area contributed by atoms with Crippen molar-refractivity contribution >= 4 is 15.7 Å². The van der Waals surface area contributed by atoms with Gasteiger partial charge in [-0.3, -0.25) is 4.72 Å². The molecule has 27 heavy (non-hydrogen) atoms. The summed E-state index contributed by atoms with van der Waals surface area (Å²) >= 11 is 0. The van der Waals surface area contributed by atoms with Crippen LogP contribution in [0, 0.1) is 11.6 Å². The molecule has 0 aliphatic rings. The van der Waals surface area contributed by atoms with Crippen LogP contribution in [0.15, 0.2) is 59.6 Å². The van der Waals surface area contributed by atoms with Crippen LogP contribution < -0.4 is 4.72 Å². The molecule has 0 atom stereocenters. The van der Waals surface area contributed by atoms with Gasteiger partial charge in [0.2, 0.25) is 0 Å². The highest BCUT2D eigenvalue weighted by molar-refractivity contribution is 7.92. The molecule has 1 heterocycles. The molecular weight excluding hydrogens is 391 g/mol. The highest BCUT2D eigenvalue weighted by Crippen LogP contribution is 2.34. The van der Waals surface area contributed by atoms with E-state index in [4.69, 9.17) is 0 Å². The standard InChI is InChI=1S/C17H11F5N2O2S/c18-15-12(17(20,21)22)6-7-13(16(15)19)24-27(25,26)11-8-14(23-9-11)10-4-2-1-3-5-10/h1-9,23-24H. The van der Waals surface area contributed by atoms with E-state index in [9.17, 15) is 30.4 Å². The van der Waals surface area contributed by atoms with E-state index in [0.29, 0.717) is 17.3 Å². The maximum Gasteiger partial charge on any atom is 0.419 e. The van der Waals surface area contributed by atoms with Crippen LogP contribution in [0.1, 0.15) is 5.56 Å². The van der Waals surface area contributed by atoms with Crippen LogP contribution in [-0.2, 0) is 16.2 Å². The predicted molar refractivity (Wildman–Crippen MR) is 88.4 cm³/mol. The Morgan fingerprint density at radius 1 is 0.926 bits per heavy atom. The van der Waals surface area contributed by atoms with Crippen molar-refractivity contribution in [2.75, 3.05) is 4.72 Å². The van der Waals surface area contributed by atoms with Gasteiger partial charge in [-0.2, -0.15) is 13.2 Å². The van der Waals surface area contributed by atoms with E-state index in [1.165, 1.54) is 6.07 Å². The molecule has 3 aromatic rings. The number of sulfonamides is 1. The van der Waals surface area contributed by atoms with Gasteiger partial charge in [-0.25, -0.2) is 17.2 Å². The molecule has 0 bridgehead atoms. The normalized spacial score (nSPS) is 12.2. The van der Waals surface area contributed by atoms with Crippen molar-refractivity contribution in [1.29, 1.82) is 0 Å². The fraction of sp³-hybridized carbons (Fsp3) is 0.0588. The lowest BCUT2D eigenvalue weighted by Gasteiger charge is -2.12. The van der Waals surface area contributed by atoms with Gasteiger partial charge in [0.25, 0.3) is 10.0 Å². The predicted octanol–water partition coefficient (Wildman–Crippen LogP) is 4.78. The average Bonchev–Trinajstić information content (AvgIpc) is 3.10. The molecule has 10 heteroatoms. The minimum atomic E-state index is -5.10. The van der Waals surface area contributed by atoms with Gasteiger partial charge in [0, 0.05) is 11.9 Å². The molecule has 0 spiro atoms. The zero-order chi connectivity index (χ0) is 19.8. The van der Waals surface area contributed by atoms with Crippen molar-refractivity contribution in [2.45, 2.75) is 11.1 Å². The number of alkyl halides is 3. The Labute approximate surface area is 150 Å². The second-order valence-corrected chi connectivity index (χ2v) is 7.19. The van der Waals surface area contributed by atoms with Crippen molar-refractivity contribution in [1.82, 2.24) is 4.98 Å². The van der Waals surface area contributed by atoms with E-state index < -0.39 is 39.1 Å². The van der Waals surface area contributed by atoms with Crippen LogP contribution in [0.3, 0.4) is 0 Å². The summed E-state index contributed by atoms with van der Waals surface area (Å²) in [5, 5.41) is 0. The number of rotatable bonds is 4. The Balaban J connectivity index is 1.92. The molecule has 0 saturated carbocycles. The maximum absolute atomic E-state index is 13.9. The summed E-state index contributed by atoms with van der Waals surface area (Å²) in [7, 11) is -4.36. The van der Waals surface area contributed by atoms with E-state index in [1.54, 1.807) is 35.1 Å². The summed E-state index contributed by atoms with van der Waals surface area (Å²) in [5.41, 5.74) is -1.61. The first-order valence-corrected chi connectivity index (χ1v) is 8.90. The number of hydrogen-bond donors (Lipinski definition) is 2. The summed E-state index contributed by atoms with van der Waals surface area (Å²) in [4.78, 5) is 2.44. The molecule has 1 aromatic heterocycles. The van der Waals surface area contributed by atoms with Gasteiger partial charge in [0.15, 0.2) is 11.6 Å². The van der Waals surface area contributed by atoms with E-state index in [2.05, 4.69) is 4.98 Å². The second-order valence-electron chi connectivity index (χ2n) is 5.51. The lowest BCUT2D eigenvalue weighted by molar-refractivity contribution is -0.140. The van der Waals surface area contributed by atoms with Crippen molar-refractivity contribution < 1.29 is 30.4 Å². The first-order valence-electron chi connectivity index (χ1n) is 7.41. The van der Waals surface area contributed by atoms with Gasteiger partial charge in [0.05, 0.1) is 11.3 Å². The third kappa shape index (κ3) is 3.80. The lowest BCUT2D eigenvalue weighted by atomic mass is 10.2. The largest absolute Gasteiger partial charge is 0.419 e. The number of aromatic nitrogens is 1. The third-order valence-corrected chi connectivity index (χ3v) is 5.03. The van der Waals surface area contributed by atoms with Gasteiger partial charge in [-0.1, -0.05) is 30.3 Å². The highest BCUT2D eigenvalue weighted by Gasteiger charge is 2.36. The fourth-order valence-electron chi connectivity index (χ4n) is 2.36. The van der Waals surface area contributed by atoms with Crippen LogP contribution in [0.2, 0.25) is 0 Å². The summed E-state index contributed by atoms with van der Waals surface area (Å²) in [6.45, 7) is 0. The lowest BCUT2D eigenvalue weighted by Crippen LogP contribution is -2.16. The molecule has 0 unspecified atom stereocenters. The molecular formula is C17H11F5N2O2S. The highest BCUT2D eigenvalue weighted by atomic mass is 32.2. The zero-order valence-corrected chi connectivity index (χ0v) is 14.1. The molecule has 0 radical (unpaired) electrons. The number of H-pyrrole nitrogens is 1. The monoisotopic (exact) mass is 402 g/mol. The van der Waals surface area contributed by atoms with E-state index >= 15 is 0 Å². The molecule has 0 aliphatic carbocycles. The first-order chi connectivity index (χ1) is 12.6. The molecule has 142 valence electrons. The van der Waals surface area contributed by atoms with Crippen molar-refractivity contribution in [3.05, 3.63) is 71.9 Å². The van der Waals surface area contributed by atoms with Gasteiger partial charge in [0.1, 0.15) is 4.90 Å². The molecule has 0 saturated heterocycles. The summed E-state index contributed by atoms with van der Waals surface area (Å²) in [6.07, 6.45) is -3.98. The quantitative estimate of drug-likeness (QED) is 0.617. The summed E-state index contributed by atoms with van der Waals surface area (Å²) < 4.78 is 91.7. The Hall–Kier alpha value is -2.88. The van der Waals surface area contributed by atoms with Crippen LogP contribution in [0.4, 0.5) is 27.6 Å². The van der Waals surface area contributed by atoms with E-state index in [0.717, 1.165) is 6.20 Å². The van der Waals surface area contributed by atoms with Crippen LogP contribution >= 0.6 is 0 Å². The number of anilines is 1. The SMILES string of the molecule is O=S(=O)(Nc1ccc(C(F)(F)F)c(F)c1F)c1c[nH]c(-c2ccccc2)c1. The van der Waals surface area contributed by atoms with Gasteiger partial charge < -0.3 is 4.98 Å². The van der Waals surface area contributed by atoms with Crippen LogP contribution in [0.5, 0.6) is 0 Å². The Bertz CT molecular complexity index is 1080. The van der Waals surface area contributed by atoms with Gasteiger partial charge in [-0.05, 0) is 23.8 Å². The molecule has 0 fully saturated rings. The second kappa shape index (κ2) is 6.69. The van der Waals surface area contributed by atoms with E-state index in [1.807, 2.05) is 0 Å². The fourth-order valence-corrected chi connectivity index (χ4v) is 3.42. The smallest absolute Gasteiger partial charge is 0.360 e. The topological polar surface area (TPSA) is 62.0 Å². The van der Waals surface area contributed by atoms with Crippen molar-refractivity contribution in [3.63, 3.8) is 0 Å². The Morgan fingerprint density at radius 2 is 1.59 bits per heavy atom. The van der Waals surface area contributed by atoms with Crippen LogP contribution in [-0.4, -0.2) is 13.4 Å². The number of benzene rings is 2. The van der Waals surface area contributed by atoms with Crippen molar-refractivity contribution in [3.8, 4) is 11.3 Å². The Kier molecular flexibility index (Phi) is 4.68. The third-order valence-electron chi connectivity index (χ3n) is 3.68. The minimum absolute atomic E-state index is 0.267. The molecule has 2 aromatic carbocycles. The zero-order valence-electron chi connectivity index (χ0n) is 13.3. The van der Waals surface area contributed by atoms with Crippen LogP contribution in [0.25, 0.3) is 11.3 Å². The number of aromatic amines is 1. The molecule has 0 aliphatic heterocycles. The van der Waals surface area contributed by atoms with E-state index in [-0.39, 0.29) is 11.0 Å². The molecule has 4 nitrogen and oxygen atoms in total. The number of nitrogens with one attached hydrogen (secondary N) is 2. The molecule has 2 N–H and O–H groups in total. The number of halogens is 5. The number of hydrogen-bond acceptors (Lipinski definition) is 2. The van der Waals surface area contributed by atoms with Crippen molar-refractivity contribution in [2.24, 2.45) is 0 Å². The maximum atomic E-state index is 13.9. The first kappa shape index (κ1) is 18.9. The minimum Gasteiger partial charge on any atom is -0.360 e. The van der Waals surface area contributed by atoms with Gasteiger partial charge >= 0.3 is 6.18 Å². The molecule has 0 amide bonds. The summed E-state index contributed by atoms with van der Waals surface area (Å²) in [5.74, 6) is -4.12. The Morgan fingerprint density at radius 3 is 2.22 bits per heavy atom. The molecule has 3 rings (SSSR count).